The zero-order valence-electron chi connectivity index (χ0n) is 18.7. The molecule has 8 heteroatoms. The van der Waals surface area contributed by atoms with Crippen LogP contribution in [0.1, 0.15) is 51.4 Å². The van der Waals surface area contributed by atoms with Crippen LogP contribution in [0.4, 0.5) is 0 Å². The molecule has 1 aliphatic rings. The highest BCUT2D eigenvalue weighted by atomic mass is 32.1. The van der Waals surface area contributed by atoms with Gasteiger partial charge in [-0.05, 0) is 30.4 Å². The van der Waals surface area contributed by atoms with Crippen LogP contribution in [0.3, 0.4) is 0 Å². The van der Waals surface area contributed by atoms with Crippen molar-refractivity contribution in [2.75, 3.05) is 6.54 Å². The van der Waals surface area contributed by atoms with Crippen molar-refractivity contribution < 1.29 is 14.7 Å². The number of carbonyl (C=O) groups is 2. The summed E-state index contributed by atoms with van der Waals surface area (Å²) in [6, 6.07) is 6.36. The number of nitrogens with zero attached hydrogens (tertiary/aromatic N) is 1. The summed E-state index contributed by atoms with van der Waals surface area (Å²) in [7, 11) is 0. The van der Waals surface area contributed by atoms with Gasteiger partial charge in [0.05, 0.1) is 34.2 Å². The minimum Gasteiger partial charge on any atom is -0.381 e. The molecule has 7 nitrogen and oxygen atoms in total. The first-order chi connectivity index (χ1) is 14.4. The number of nitrogens with one attached hydrogen (secondary N) is 2. The maximum Gasteiger partial charge on any atom is 0.237 e. The number of thiazole rings is 1. The Hall–Kier alpha value is -2.13. The molecule has 4 atom stereocenters. The molecule has 1 unspecified atom stereocenters. The highest BCUT2D eigenvalue weighted by Gasteiger charge is 2.49. The molecule has 3 rings (SSSR count). The van der Waals surface area contributed by atoms with Crippen LogP contribution in [0.5, 0.6) is 0 Å². The first-order valence-corrected chi connectivity index (χ1v) is 11.4. The number of carbonyl (C=O) groups excluding carboxylic acids is 2. The summed E-state index contributed by atoms with van der Waals surface area (Å²) in [5.74, 6) is -0.673. The summed E-state index contributed by atoms with van der Waals surface area (Å²) in [5.41, 5.74) is 8.85. The third kappa shape index (κ3) is 5.03. The molecule has 0 spiro atoms. The van der Waals surface area contributed by atoms with Gasteiger partial charge in [-0.15, -0.1) is 11.3 Å². The number of Topliss-reactive ketones (excluding diaryl/α,β-unsaturated/α-hetero) is 1. The standard InChI is InChI=1S/C23H32N4O3S/c1-13(15-6-8-16(9-7-15)18-14(2)26-12-31-18)27-21(29)17-10-23(30,11-25-17)20(28)19(24)22(3,4)5/h6-9,12-13,17,19,25,30H,10-11,24H2,1-5H3,(H,27,29)/t13-,17-,19?,23+/m0/s1. The zero-order chi connectivity index (χ0) is 23.0. The molecule has 1 aliphatic heterocycles. The number of aliphatic hydroxyl groups is 1. The number of benzene rings is 1. The van der Waals surface area contributed by atoms with E-state index in [1.165, 1.54) is 0 Å². The average Bonchev–Trinajstić information content (AvgIpc) is 3.32. The fraction of sp³-hybridized carbons (Fsp3) is 0.522. The fourth-order valence-electron chi connectivity index (χ4n) is 3.73. The lowest BCUT2D eigenvalue weighted by Gasteiger charge is -2.31. The van der Waals surface area contributed by atoms with E-state index in [9.17, 15) is 14.7 Å². The van der Waals surface area contributed by atoms with Crippen molar-refractivity contribution in [2.24, 2.45) is 11.1 Å². The molecule has 2 aromatic rings. The normalized spacial score (nSPS) is 23.4. The molecule has 0 radical (unpaired) electrons. The first-order valence-electron chi connectivity index (χ1n) is 10.5. The summed E-state index contributed by atoms with van der Waals surface area (Å²) < 4.78 is 0. The predicted octanol–water partition coefficient (Wildman–Crippen LogP) is 2.33. The molecule has 0 bridgehead atoms. The molecule has 1 saturated heterocycles. The van der Waals surface area contributed by atoms with Gasteiger partial charge in [0.2, 0.25) is 5.91 Å². The number of rotatable bonds is 6. The van der Waals surface area contributed by atoms with E-state index >= 15 is 0 Å². The Morgan fingerprint density at radius 2 is 1.97 bits per heavy atom. The maximum absolute atomic E-state index is 12.8. The highest BCUT2D eigenvalue weighted by Crippen LogP contribution is 2.29. The van der Waals surface area contributed by atoms with Crippen molar-refractivity contribution in [1.82, 2.24) is 15.6 Å². The largest absolute Gasteiger partial charge is 0.381 e. The number of ketones is 1. The van der Waals surface area contributed by atoms with Crippen molar-refractivity contribution in [3.63, 3.8) is 0 Å². The minimum atomic E-state index is -1.63. The van der Waals surface area contributed by atoms with E-state index in [-0.39, 0.29) is 24.9 Å². The summed E-state index contributed by atoms with van der Waals surface area (Å²) in [5, 5.41) is 16.8. The monoisotopic (exact) mass is 444 g/mol. The van der Waals surface area contributed by atoms with Crippen LogP contribution in [0, 0.1) is 12.3 Å². The maximum atomic E-state index is 12.8. The van der Waals surface area contributed by atoms with E-state index in [4.69, 9.17) is 5.73 Å². The van der Waals surface area contributed by atoms with Gasteiger partial charge in [0.25, 0.3) is 0 Å². The minimum absolute atomic E-state index is 0.0117. The molecule has 2 heterocycles. The molecule has 1 fully saturated rings. The summed E-state index contributed by atoms with van der Waals surface area (Å²) >= 11 is 1.60. The SMILES string of the molecule is Cc1ncsc1-c1ccc([C@H](C)NC(=O)[C@@H]2C[C@](O)(C(=O)C(N)C(C)(C)C)CN2)cc1. The van der Waals surface area contributed by atoms with Crippen LogP contribution in [-0.4, -0.2) is 46.0 Å². The van der Waals surface area contributed by atoms with Gasteiger partial charge in [0, 0.05) is 13.0 Å². The second kappa shape index (κ2) is 8.78. The van der Waals surface area contributed by atoms with Crippen molar-refractivity contribution in [2.45, 2.75) is 64.8 Å². The van der Waals surface area contributed by atoms with Crippen LogP contribution in [-0.2, 0) is 9.59 Å². The Morgan fingerprint density at radius 1 is 1.32 bits per heavy atom. The number of hydrogen-bond acceptors (Lipinski definition) is 7. The molecular weight excluding hydrogens is 412 g/mol. The van der Waals surface area contributed by atoms with Crippen molar-refractivity contribution in [1.29, 1.82) is 0 Å². The molecule has 168 valence electrons. The number of β-amino-alcohol motifs (C(OH)–C–C–N with tert-alkyl or cyclic N) is 1. The zero-order valence-corrected chi connectivity index (χ0v) is 19.5. The molecule has 0 saturated carbocycles. The van der Waals surface area contributed by atoms with Gasteiger partial charge in [0.15, 0.2) is 5.78 Å². The van der Waals surface area contributed by atoms with Crippen LogP contribution in [0.25, 0.3) is 10.4 Å². The van der Waals surface area contributed by atoms with Crippen molar-refractivity contribution >= 4 is 23.0 Å². The Morgan fingerprint density at radius 3 is 2.52 bits per heavy atom. The van der Waals surface area contributed by atoms with Crippen LogP contribution in [0.2, 0.25) is 0 Å². The van der Waals surface area contributed by atoms with E-state index in [0.717, 1.165) is 21.7 Å². The lowest BCUT2D eigenvalue weighted by atomic mass is 9.78. The molecular formula is C23H32N4O3S. The molecule has 1 amide bonds. The van der Waals surface area contributed by atoms with Gasteiger partial charge in [-0.2, -0.15) is 0 Å². The summed E-state index contributed by atoms with van der Waals surface area (Å²) in [6.07, 6.45) is 0.0117. The molecule has 1 aromatic heterocycles. The van der Waals surface area contributed by atoms with Gasteiger partial charge in [-0.25, -0.2) is 4.98 Å². The third-order valence-electron chi connectivity index (χ3n) is 5.95. The van der Waals surface area contributed by atoms with Gasteiger partial charge in [-0.1, -0.05) is 45.0 Å². The van der Waals surface area contributed by atoms with E-state index in [2.05, 4.69) is 15.6 Å². The van der Waals surface area contributed by atoms with E-state index in [0.29, 0.717) is 0 Å². The second-order valence-corrected chi connectivity index (χ2v) is 10.4. The quantitative estimate of drug-likeness (QED) is 0.543. The number of amides is 1. The van der Waals surface area contributed by atoms with Gasteiger partial charge in [0.1, 0.15) is 5.60 Å². The fourth-order valence-corrected chi connectivity index (χ4v) is 4.54. The number of aryl methyl sites for hydroxylation is 1. The summed E-state index contributed by atoms with van der Waals surface area (Å²) in [6.45, 7) is 9.48. The number of nitrogens with two attached hydrogens (primary N) is 1. The highest BCUT2D eigenvalue weighted by molar-refractivity contribution is 7.13. The van der Waals surface area contributed by atoms with E-state index in [1.807, 2.05) is 64.4 Å². The molecule has 5 N–H and O–H groups in total. The van der Waals surface area contributed by atoms with Gasteiger partial charge in [-0.3, -0.25) is 9.59 Å². The van der Waals surface area contributed by atoms with Crippen molar-refractivity contribution in [3.8, 4) is 10.4 Å². The van der Waals surface area contributed by atoms with Crippen LogP contribution in [0.15, 0.2) is 29.8 Å². The second-order valence-electron chi connectivity index (χ2n) is 9.50. The Bertz CT molecular complexity index is 950. The lowest BCUT2D eigenvalue weighted by Crippen LogP contribution is -2.54. The van der Waals surface area contributed by atoms with E-state index in [1.54, 1.807) is 11.3 Å². The predicted molar refractivity (Wildman–Crippen MR) is 123 cm³/mol. The lowest BCUT2D eigenvalue weighted by molar-refractivity contribution is -0.139. The molecule has 1 aromatic carbocycles. The van der Waals surface area contributed by atoms with Crippen LogP contribution >= 0.6 is 11.3 Å². The Balaban J connectivity index is 1.61. The number of hydrogen-bond donors (Lipinski definition) is 4. The molecule has 0 aliphatic carbocycles. The van der Waals surface area contributed by atoms with E-state index < -0.39 is 28.9 Å². The van der Waals surface area contributed by atoms with Gasteiger partial charge >= 0.3 is 0 Å². The first kappa shape index (κ1) is 23.5. The topological polar surface area (TPSA) is 117 Å². The smallest absolute Gasteiger partial charge is 0.237 e. The van der Waals surface area contributed by atoms with Crippen LogP contribution < -0.4 is 16.4 Å². The average molecular weight is 445 g/mol. The Kier molecular flexibility index (Phi) is 6.67. The van der Waals surface area contributed by atoms with Gasteiger partial charge < -0.3 is 21.5 Å². The number of aromatic nitrogens is 1. The summed E-state index contributed by atoms with van der Waals surface area (Å²) in [4.78, 5) is 30.9. The molecule has 31 heavy (non-hydrogen) atoms. The third-order valence-corrected chi connectivity index (χ3v) is 6.93. The Labute approximate surface area is 187 Å². The van der Waals surface area contributed by atoms with Crippen molar-refractivity contribution in [3.05, 3.63) is 41.0 Å².